The predicted molar refractivity (Wildman–Crippen MR) is 86.4 cm³/mol. The number of fused-ring (bicyclic) bond motifs is 1. The standard InChI is InChI=1S/C17H26N2O3/c1-12(20)11-19(2)17(21)18-10-14-6-4-5-13-9-15(22-3)7-8-16(13)14/h7-9,12,14,20H,4-6,10-11H2,1-3H3,(H,18,21)/t12-,14+/m0/s1. The fourth-order valence-corrected chi connectivity index (χ4v) is 3.06. The molecule has 2 N–H and O–H groups in total. The number of hydrogen-bond donors (Lipinski definition) is 2. The fourth-order valence-electron chi connectivity index (χ4n) is 3.06. The quantitative estimate of drug-likeness (QED) is 0.876. The Morgan fingerprint density at radius 3 is 3.00 bits per heavy atom. The molecule has 0 aromatic heterocycles. The van der Waals surface area contributed by atoms with E-state index in [1.165, 1.54) is 16.0 Å². The van der Waals surface area contributed by atoms with Gasteiger partial charge in [0.25, 0.3) is 0 Å². The smallest absolute Gasteiger partial charge is 0.317 e. The average Bonchev–Trinajstić information content (AvgIpc) is 2.51. The van der Waals surface area contributed by atoms with E-state index in [0.29, 0.717) is 19.0 Å². The number of nitrogens with one attached hydrogen (secondary N) is 1. The van der Waals surface area contributed by atoms with Crippen LogP contribution in [0.15, 0.2) is 18.2 Å². The average molecular weight is 306 g/mol. The summed E-state index contributed by atoms with van der Waals surface area (Å²) in [6, 6.07) is 6.06. The number of ether oxygens (including phenoxy) is 1. The zero-order valence-corrected chi connectivity index (χ0v) is 13.6. The lowest BCUT2D eigenvalue weighted by atomic mass is 9.82. The Kier molecular flexibility index (Phi) is 5.66. The van der Waals surface area contributed by atoms with Gasteiger partial charge in [-0.2, -0.15) is 0 Å². The lowest BCUT2D eigenvalue weighted by Crippen LogP contribution is -2.42. The van der Waals surface area contributed by atoms with Crippen molar-refractivity contribution in [2.45, 2.75) is 38.2 Å². The molecule has 0 radical (unpaired) electrons. The third kappa shape index (κ3) is 4.13. The molecule has 0 aliphatic heterocycles. The van der Waals surface area contributed by atoms with Crippen LogP contribution in [0, 0.1) is 0 Å². The summed E-state index contributed by atoms with van der Waals surface area (Å²) in [6.45, 7) is 2.64. The van der Waals surface area contributed by atoms with Crippen molar-refractivity contribution in [1.82, 2.24) is 10.2 Å². The number of urea groups is 1. The molecule has 2 amide bonds. The summed E-state index contributed by atoms with van der Waals surface area (Å²) in [5.41, 5.74) is 2.63. The van der Waals surface area contributed by atoms with Gasteiger partial charge in [0.2, 0.25) is 0 Å². The van der Waals surface area contributed by atoms with Crippen molar-refractivity contribution >= 4 is 6.03 Å². The molecule has 0 fully saturated rings. The first kappa shape index (κ1) is 16.6. The Bertz CT molecular complexity index is 517. The van der Waals surface area contributed by atoms with E-state index in [9.17, 15) is 9.90 Å². The largest absolute Gasteiger partial charge is 0.497 e. The van der Waals surface area contributed by atoms with Crippen molar-refractivity contribution < 1.29 is 14.6 Å². The summed E-state index contributed by atoms with van der Waals surface area (Å²) >= 11 is 0. The summed E-state index contributed by atoms with van der Waals surface area (Å²) < 4.78 is 5.28. The van der Waals surface area contributed by atoms with Gasteiger partial charge in [-0.05, 0) is 49.4 Å². The summed E-state index contributed by atoms with van der Waals surface area (Å²) in [4.78, 5) is 13.5. The van der Waals surface area contributed by atoms with E-state index >= 15 is 0 Å². The van der Waals surface area contributed by atoms with Crippen molar-refractivity contribution in [3.8, 4) is 5.75 Å². The molecule has 0 saturated carbocycles. The van der Waals surface area contributed by atoms with Crippen LogP contribution in [0.5, 0.6) is 5.75 Å². The van der Waals surface area contributed by atoms with Crippen molar-refractivity contribution in [3.63, 3.8) is 0 Å². The predicted octanol–water partition coefficient (Wildman–Crippen LogP) is 2.14. The lowest BCUT2D eigenvalue weighted by Gasteiger charge is -2.27. The summed E-state index contributed by atoms with van der Waals surface area (Å²) in [5.74, 6) is 1.23. The highest BCUT2D eigenvalue weighted by Gasteiger charge is 2.22. The molecule has 2 rings (SSSR count). The number of hydrogen-bond acceptors (Lipinski definition) is 3. The maximum absolute atomic E-state index is 12.0. The van der Waals surface area contributed by atoms with Crippen LogP contribution in [-0.4, -0.2) is 49.4 Å². The summed E-state index contributed by atoms with van der Waals surface area (Å²) in [7, 11) is 3.38. The Hall–Kier alpha value is -1.75. The van der Waals surface area contributed by atoms with Gasteiger partial charge in [0, 0.05) is 26.1 Å². The fraction of sp³-hybridized carbons (Fsp3) is 0.588. The Labute approximate surface area is 132 Å². The van der Waals surface area contributed by atoms with Gasteiger partial charge in [-0.25, -0.2) is 4.79 Å². The highest BCUT2D eigenvalue weighted by Crippen LogP contribution is 2.33. The zero-order chi connectivity index (χ0) is 16.1. The second-order valence-electron chi connectivity index (χ2n) is 6.07. The molecule has 0 saturated heterocycles. The maximum atomic E-state index is 12.0. The molecule has 0 heterocycles. The number of nitrogens with zero attached hydrogens (tertiary/aromatic N) is 1. The Balaban J connectivity index is 1.96. The number of likely N-dealkylation sites (N-methyl/N-ethyl adjacent to an activating group) is 1. The molecule has 22 heavy (non-hydrogen) atoms. The maximum Gasteiger partial charge on any atom is 0.317 e. The molecule has 0 bridgehead atoms. The molecule has 1 aliphatic carbocycles. The SMILES string of the molecule is COc1ccc2c(c1)CCC[C@@H]2CNC(=O)N(C)C[C@H](C)O. The molecular weight excluding hydrogens is 280 g/mol. The molecule has 1 aliphatic rings. The van der Waals surface area contributed by atoms with Crippen molar-refractivity contribution in [1.29, 1.82) is 0 Å². The molecule has 0 spiro atoms. The molecule has 122 valence electrons. The normalized spacial score (nSPS) is 18.3. The first-order chi connectivity index (χ1) is 10.5. The van der Waals surface area contributed by atoms with Gasteiger partial charge < -0.3 is 20.1 Å². The van der Waals surface area contributed by atoms with E-state index in [-0.39, 0.29) is 6.03 Å². The van der Waals surface area contributed by atoms with Gasteiger partial charge in [0.05, 0.1) is 13.2 Å². The van der Waals surface area contributed by atoms with Crippen molar-refractivity contribution in [3.05, 3.63) is 29.3 Å². The number of carbonyl (C=O) groups is 1. The number of aliphatic hydroxyl groups excluding tert-OH is 1. The topological polar surface area (TPSA) is 61.8 Å². The van der Waals surface area contributed by atoms with E-state index in [2.05, 4.69) is 17.4 Å². The third-order valence-electron chi connectivity index (χ3n) is 4.17. The van der Waals surface area contributed by atoms with E-state index in [1.54, 1.807) is 21.1 Å². The molecule has 0 unspecified atom stereocenters. The Morgan fingerprint density at radius 1 is 1.55 bits per heavy atom. The monoisotopic (exact) mass is 306 g/mol. The number of amides is 2. The van der Waals surface area contributed by atoms with Crippen LogP contribution in [0.3, 0.4) is 0 Å². The number of aryl methyl sites for hydroxylation is 1. The first-order valence-corrected chi connectivity index (χ1v) is 7.85. The zero-order valence-electron chi connectivity index (χ0n) is 13.6. The lowest BCUT2D eigenvalue weighted by molar-refractivity contribution is 0.143. The minimum atomic E-state index is -0.515. The molecule has 2 atom stereocenters. The molecular formula is C17H26N2O3. The summed E-state index contributed by atoms with van der Waals surface area (Å²) in [6.07, 6.45) is 2.77. The van der Waals surface area contributed by atoms with Crippen LogP contribution >= 0.6 is 0 Å². The highest BCUT2D eigenvalue weighted by molar-refractivity contribution is 5.73. The number of rotatable bonds is 5. The van der Waals surface area contributed by atoms with E-state index in [0.717, 1.165) is 25.0 Å². The van der Waals surface area contributed by atoms with Crippen LogP contribution in [0.1, 0.15) is 36.8 Å². The van der Waals surface area contributed by atoms with E-state index in [1.807, 2.05) is 6.07 Å². The number of aliphatic hydroxyl groups is 1. The van der Waals surface area contributed by atoms with Crippen molar-refractivity contribution in [2.24, 2.45) is 0 Å². The molecule has 5 heteroatoms. The molecule has 1 aromatic rings. The molecule has 5 nitrogen and oxygen atoms in total. The van der Waals surface area contributed by atoms with E-state index in [4.69, 9.17) is 4.74 Å². The van der Waals surface area contributed by atoms with Gasteiger partial charge in [-0.15, -0.1) is 0 Å². The van der Waals surface area contributed by atoms with Gasteiger partial charge in [-0.3, -0.25) is 0 Å². The number of methoxy groups -OCH3 is 1. The van der Waals surface area contributed by atoms with Crippen molar-refractivity contribution in [2.75, 3.05) is 27.2 Å². The summed E-state index contributed by atoms with van der Waals surface area (Å²) in [5, 5.41) is 12.3. The number of benzene rings is 1. The van der Waals surface area contributed by atoms with Gasteiger partial charge in [0.1, 0.15) is 5.75 Å². The van der Waals surface area contributed by atoms with Crippen LogP contribution in [0.25, 0.3) is 0 Å². The van der Waals surface area contributed by atoms with Gasteiger partial charge in [0.15, 0.2) is 0 Å². The second-order valence-corrected chi connectivity index (χ2v) is 6.07. The van der Waals surface area contributed by atoms with E-state index < -0.39 is 6.10 Å². The van der Waals surface area contributed by atoms with Crippen LogP contribution < -0.4 is 10.1 Å². The highest BCUT2D eigenvalue weighted by atomic mass is 16.5. The minimum absolute atomic E-state index is 0.137. The van der Waals surface area contributed by atoms with Crippen LogP contribution in [0.4, 0.5) is 4.79 Å². The van der Waals surface area contributed by atoms with Gasteiger partial charge >= 0.3 is 6.03 Å². The van der Waals surface area contributed by atoms with Crippen LogP contribution in [-0.2, 0) is 6.42 Å². The second kappa shape index (κ2) is 7.49. The minimum Gasteiger partial charge on any atom is -0.497 e. The first-order valence-electron chi connectivity index (χ1n) is 7.85. The van der Waals surface area contributed by atoms with Gasteiger partial charge in [-0.1, -0.05) is 6.07 Å². The molecule has 1 aromatic carbocycles. The number of carbonyl (C=O) groups excluding carboxylic acids is 1. The Morgan fingerprint density at radius 2 is 2.32 bits per heavy atom. The third-order valence-corrected chi connectivity index (χ3v) is 4.17. The van der Waals surface area contributed by atoms with Crippen LogP contribution in [0.2, 0.25) is 0 Å².